The van der Waals surface area contributed by atoms with Crippen LogP contribution in [0.2, 0.25) is 0 Å². The Morgan fingerprint density at radius 2 is 1.70 bits per heavy atom. The molecule has 0 radical (unpaired) electrons. The van der Waals surface area contributed by atoms with Crippen LogP contribution in [-0.4, -0.2) is 19.5 Å². The highest BCUT2D eigenvalue weighted by Crippen LogP contribution is 2.08. The van der Waals surface area contributed by atoms with Gasteiger partial charge in [-0.15, -0.1) is 0 Å². The zero-order chi connectivity index (χ0) is 14.2. The Morgan fingerprint density at radius 1 is 1.00 bits per heavy atom. The molecule has 110 valence electrons. The zero-order valence-electron chi connectivity index (χ0n) is 11.8. The third-order valence-electron chi connectivity index (χ3n) is 3.57. The Kier molecular flexibility index (Phi) is 6.30. The maximum absolute atomic E-state index is 12.1. The van der Waals surface area contributed by atoms with Gasteiger partial charge in [0.05, 0.1) is 6.20 Å². The normalized spacial score (nSPS) is 11.2. The lowest BCUT2D eigenvalue weighted by molar-refractivity contribution is 0.542. The molecule has 0 saturated heterocycles. The van der Waals surface area contributed by atoms with Gasteiger partial charge in [0.1, 0.15) is 5.52 Å². The van der Waals surface area contributed by atoms with E-state index in [0.717, 1.165) is 18.3 Å². The molecule has 0 N–H and O–H groups in total. The van der Waals surface area contributed by atoms with E-state index >= 15 is 0 Å². The van der Waals surface area contributed by atoms with E-state index in [1.165, 1.54) is 38.5 Å². The quantitative estimate of drug-likeness (QED) is 0.517. The molecule has 0 saturated carbocycles. The summed E-state index contributed by atoms with van der Waals surface area (Å²) in [7, 11) is 0. The first kappa shape index (κ1) is 15.3. The first-order valence-electron chi connectivity index (χ1n) is 7.41. The number of hydrogen-bond acceptors (Lipinski definition) is 2. The molecule has 20 heavy (non-hydrogen) atoms. The van der Waals surface area contributed by atoms with Crippen molar-refractivity contribution >= 4 is 21.4 Å². The summed E-state index contributed by atoms with van der Waals surface area (Å²) in [5.74, 6) is 0. The van der Waals surface area contributed by atoms with Gasteiger partial charge in [-0.25, -0.2) is 4.52 Å². The highest BCUT2D eigenvalue weighted by atomic mass is 79.9. The fourth-order valence-electron chi connectivity index (χ4n) is 2.40. The van der Waals surface area contributed by atoms with E-state index in [1.807, 2.05) is 12.4 Å². The highest BCUT2D eigenvalue weighted by molar-refractivity contribution is 9.09. The van der Waals surface area contributed by atoms with Crippen LogP contribution in [0.3, 0.4) is 0 Å². The van der Waals surface area contributed by atoms with Gasteiger partial charge in [-0.2, -0.15) is 5.10 Å². The van der Waals surface area contributed by atoms with Crippen LogP contribution < -0.4 is 5.56 Å². The third-order valence-corrected chi connectivity index (χ3v) is 4.13. The van der Waals surface area contributed by atoms with Crippen molar-refractivity contribution in [2.75, 3.05) is 5.33 Å². The highest BCUT2D eigenvalue weighted by Gasteiger charge is 2.02. The number of fused-ring (bicyclic) bond motifs is 1. The van der Waals surface area contributed by atoms with Gasteiger partial charge < -0.3 is 4.57 Å². The summed E-state index contributed by atoms with van der Waals surface area (Å²) >= 11 is 3.45. The maximum atomic E-state index is 12.1. The number of halogens is 1. The van der Waals surface area contributed by atoms with Crippen molar-refractivity contribution in [1.82, 2.24) is 14.2 Å². The molecule has 0 spiro atoms. The van der Waals surface area contributed by atoms with Crippen LogP contribution >= 0.6 is 15.9 Å². The smallest absolute Gasteiger partial charge is 0.276 e. The molecule has 0 amide bonds. The Balaban J connectivity index is 1.71. The maximum Gasteiger partial charge on any atom is 0.276 e. The van der Waals surface area contributed by atoms with E-state index in [1.54, 1.807) is 21.3 Å². The monoisotopic (exact) mass is 339 g/mol. The molecule has 0 fully saturated rings. The third kappa shape index (κ3) is 4.20. The van der Waals surface area contributed by atoms with Gasteiger partial charge in [-0.05, 0) is 18.9 Å². The molecule has 0 unspecified atom stereocenters. The second kappa shape index (κ2) is 8.25. The van der Waals surface area contributed by atoms with Crippen molar-refractivity contribution in [1.29, 1.82) is 0 Å². The summed E-state index contributed by atoms with van der Waals surface area (Å²) in [6.07, 6.45) is 14.1. The van der Waals surface area contributed by atoms with Crippen LogP contribution in [0.5, 0.6) is 0 Å². The van der Waals surface area contributed by atoms with Crippen LogP contribution in [0.25, 0.3) is 5.52 Å². The predicted octanol–water partition coefficient (Wildman–Crippen LogP) is 3.62. The van der Waals surface area contributed by atoms with E-state index in [2.05, 4.69) is 21.0 Å². The van der Waals surface area contributed by atoms with Crippen molar-refractivity contribution in [2.24, 2.45) is 0 Å². The van der Waals surface area contributed by atoms with E-state index in [0.29, 0.717) is 5.52 Å². The number of unbranched alkanes of at least 4 members (excludes halogenated alkanes) is 6. The summed E-state index contributed by atoms with van der Waals surface area (Å²) in [5.41, 5.74) is 0.713. The lowest BCUT2D eigenvalue weighted by Crippen LogP contribution is -2.21. The standard InChI is InChI=1S/C15H22BrN3O/c16-9-6-4-2-1-3-5-7-11-18-12-13-19-14(15(18)20)8-10-17-19/h8,10,12-13H,1-7,9,11H2. The minimum absolute atomic E-state index is 0.0577. The summed E-state index contributed by atoms with van der Waals surface area (Å²) < 4.78 is 3.42. The molecule has 2 aromatic heterocycles. The number of aryl methyl sites for hydroxylation is 1. The zero-order valence-corrected chi connectivity index (χ0v) is 13.4. The minimum atomic E-state index is 0.0577. The molecule has 2 heterocycles. The number of aromatic nitrogens is 3. The number of alkyl halides is 1. The summed E-state index contributed by atoms with van der Waals surface area (Å²) in [5, 5.41) is 5.18. The van der Waals surface area contributed by atoms with E-state index < -0.39 is 0 Å². The molecule has 4 nitrogen and oxygen atoms in total. The number of hydrogen-bond donors (Lipinski definition) is 0. The SMILES string of the molecule is O=c1c2ccnn2ccn1CCCCCCCCCBr. The van der Waals surface area contributed by atoms with Crippen molar-refractivity contribution in [3.8, 4) is 0 Å². The number of rotatable bonds is 9. The van der Waals surface area contributed by atoms with Crippen LogP contribution in [0.1, 0.15) is 44.9 Å². The van der Waals surface area contributed by atoms with Crippen molar-refractivity contribution < 1.29 is 0 Å². The Bertz CT molecular complexity index is 576. The summed E-state index contributed by atoms with van der Waals surface area (Å²) in [6.45, 7) is 0.807. The Hall–Kier alpha value is -1.10. The Morgan fingerprint density at radius 3 is 2.45 bits per heavy atom. The summed E-state index contributed by atoms with van der Waals surface area (Å²) in [6, 6.07) is 1.77. The van der Waals surface area contributed by atoms with Gasteiger partial charge in [0.15, 0.2) is 0 Å². The molecule has 0 atom stereocenters. The fourth-order valence-corrected chi connectivity index (χ4v) is 2.79. The molecule has 0 aromatic carbocycles. The lowest BCUT2D eigenvalue weighted by atomic mass is 10.1. The number of nitrogens with zero attached hydrogens (tertiary/aromatic N) is 3. The summed E-state index contributed by atoms with van der Waals surface area (Å²) in [4.78, 5) is 12.1. The van der Waals surface area contributed by atoms with Crippen LogP contribution in [0.4, 0.5) is 0 Å². The van der Waals surface area contributed by atoms with Gasteiger partial charge >= 0.3 is 0 Å². The van der Waals surface area contributed by atoms with Crippen molar-refractivity contribution in [3.05, 3.63) is 35.0 Å². The van der Waals surface area contributed by atoms with Crippen LogP contribution in [0.15, 0.2) is 29.5 Å². The lowest BCUT2D eigenvalue weighted by Gasteiger charge is -2.06. The molecule has 5 heteroatoms. The van der Waals surface area contributed by atoms with Gasteiger partial charge in [0.2, 0.25) is 0 Å². The van der Waals surface area contributed by atoms with Crippen molar-refractivity contribution in [3.63, 3.8) is 0 Å². The fraction of sp³-hybridized carbons (Fsp3) is 0.600. The van der Waals surface area contributed by atoms with E-state index in [4.69, 9.17) is 0 Å². The first-order chi connectivity index (χ1) is 9.83. The van der Waals surface area contributed by atoms with E-state index in [9.17, 15) is 4.79 Å². The molecule has 0 aliphatic carbocycles. The van der Waals surface area contributed by atoms with Gasteiger partial charge in [0, 0.05) is 24.3 Å². The van der Waals surface area contributed by atoms with Gasteiger partial charge in [-0.1, -0.05) is 48.0 Å². The molecular formula is C15H22BrN3O. The molecule has 2 rings (SSSR count). The topological polar surface area (TPSA) is 39.3 Å². The van der Waals surface area contributed by atoms with Crippen molar-refractivity contribution in [2.45, 2.75) is 51.5 Å². The molecular weight excluding hydrogens is 318 g/mol. The minimum Gasteiger partial charge on any atom is -0.312 e. The van der Waals surface area contributed by atoms with Crippen LogP contribution in [-0.2, 0) is 6.54 Å². The van der Waals surface area contributed by atoms with Gasteiger partial charge in [-0.3, -0.25) is 4.79 Å². The molecule has 0 aliphatic rings. The van der Waals surface area contributed by atoms with Crippen LogP contribution in [0, 0.1) is 0 Å². The average Bonchev–Trinajstić information content (AvgIpc) is 2.93. The van der Waals surface area contributed by atoms with Gasteiger partial charge in [0.25, 0.3) is 5.56 Å². The molecule has 0 aliphatic heterocycles. The Labute approximate surface area is 127 Å². The first-order valence-corrected chi connectivity index (χ1v) is 8.54. The second-order valence-electron chi connectivity index (χ2n) is 5.12. The molecule has 2 aromatic rings. The second-order valence-corrected chi connectivity index (χ2v) is 5.91. The van der Waals surface area contributed by atoms with E-state index in [-0.39, 0.29) is 5.56 Å². The molecule has 0 bridgehead atoms. The largest absolute Gasteiger partial charge is 0.312 e. The predicted molar refractivity (Wildman–Crippen MR) is 85.6 cm³/mol. The average molecular weight is 340 g/mol.